The Balaban J connectivity index is 1.65. The van der Waals surface area contributed by atoms with E-state index in [1.54, 1.807) is 44.6 Å². The molecule has 4 aromatic rings. The van der Waals surface area contributed by atoms with Crippen molar-refractivity contribution >= 4 is 57.7 Å². The second-order valence-corrected chi connectivity index (χ2v) is 8.05. The van der Waals surface area contributed by atoms with Crippen LogP contribution < -0.4 is 19.6 Å². The molecule has 0 aliphatic rings. The van der Waals surface area contributed by atoms with E-state index in [2.05, 4.69) is 10.1 Å². The number of hydrogen-bond donors (Lipinski definition) is 0. The molecule has 9 heteroatoms. The number of thiazole rings is 1. The molecule has 0 fully saturated rings. The van der Waals surface area contributed by atoms with Crippen LogP contribution in [0.15, 0.2) is 41.2 Å². The molecule has 0 bridgehead atoms. The molecule has 2 aromatic carbocycles. The Kier molecular flexibility index (Phi) is 5.76. The maximum Gasteiger partial charge on any atom is 0.291 e. The van der Waals surface area contributed by atoms with Gasteiger partial charge in [-0.2, -0.15) is 9.50 Å². The lowest BCUT2D eigenvalue weighted by Gasteiger charge is -2.07. The highest BCUT2D eigenvalue weighted by Crippen LogP contribution is 2.28. The first kappa shape index (κ1) is 20.4. The molecule has 2 aromatic heterocycles. The molecular formula is C21H15Cl2N3O3S. The lowest BCUT2D eigenvalue weighted by atomic mass is 10.2. The van der Waals surface area contributed by atoms with E-state index in [4.69, 9.17) is 32.7 Å². The highest BCUT2D eigenvalue weighted by Gasteiger charge is 2.10. The van der Waals surface area contributed by atoms with Crippen LogP contribution in [0.5, 0.6) is 11.5 Å². The van der Waals surface area contributed by atoms with E-state index in [0.29, 0.717) is 42.4 Å². The molecule has 0 aliphatic heterocycles. The topological polar surface area (TPSA) is 65.7 Å². The standard InChI is InChI=1S/C21H15Cl2N3O3S/c1-28-16-7-3-12(9-17(16)29-2)4-8-19-24-21-26(25-19)20(27)18(30-21)10-13-5-6-14(22)11-15(13)23/h3-11H,1-2H3. The largest absolute Gasteiger partial charge is 0.493 e. The molecule has 2 heterocycles. The van der Waals surface area contributed by atoms with Gasteiger partial charge in [0.25, 0.3) is 5.56 Å². The fraction of sp³-hybridized carbons (Fsp3) is 0.0952. The third-order valence-corrected chi connectivity index (χ3v) is 5.80. The van der Waals surface area contributed by atoms with Gasteiger partial charge in [-0.1, -0.05) is 52.7 Å². The van der Waals surface area contributed by atoms with Crippen LogP contribution in [0, 0.1) is 0 Å². The number of nitrogens with zero attached hydrogens (tertiary/aromatic N) is 3. The number of rotatable bonds is 5. The van der Waals surface area contributed by atoms with Crippen molar-refractivity contribution in [2.75, 3.05) is 14.2 Å². The minimum atomic E-state index is -0.251. The Bertz CT molecular complexity index is 1380. The lowest BCUT2D eigenvalue weighted by molar-refractivity contribution is 0.355. The molecule has 0 N–H and O–H groups in total. The molecular weight excluding hydrogens is 445 g/mol. The monoisotopic (exact) mass is 459 g/mol. The average molecular weight is 460 g/mol. The summed E-state index contributed by atoms with van der Waals surface area (Å²) in [5.74, 6) is 1.71. The SMILES string of the molecule is COc1ccc(C=Cc2nc3sc(=Cc4ccc(Cl)cc4Cl)c(=O)n3n2)cc1OC. The van der Waals surface area contributed by atoms with Crippen molar-refractivity contribution in [1.82, 2.24) is 14.6 Å². The molecule has 0 spiro atoms. The van der Waals surface area contributed by atoms with Crippen molar-refractivity contribution in [2.24, 2.45) is 0 Å². The summed E-state index contributed by atoms with van der Waals surface area (Å²) in [5.41, 5.74) is 1.34. The van der Waals surface area contributed by atoms with Crippen LogP contribution in [0.4, 0.5) is 0 Å². The molecule has 0 radical (unpaired) electrons. The Morgan fingerprint density at radius 3 is 2.53 bits per heavy atom. The van der Waals surface area contributed by atoms with E-state index in [-0.39, 0.29) is 5.56 Å². The smallest absolute Gasteiger partial charge is 0.291 e. The molecule has 152 valence electrons. The van der Waals surface area contributed by atoms with Crippen molar-refractivity contribution in [3.8, 4) is 11.5 Å². The van der Waals surface area contributed by atoms with Crippen LogP contribution >= 0.6 is 34.5 Å². The Morgan fingerprint density at radius 2 is 1.83 bits per heavy atom. The highest BCUT2D eigenvalue weighted by molar-refractivity contribution is 7.15. The molecule has 0 unspecified atom stereocenters. The molecule has 30 heavy (non-hydrogen) atoms. The quantitative estimate of drug-likeness (QED) is 0.447. The molecule has 0 saturated carbocycles. The van der Waals surface area contributed by atoms with Crippen LogP contribution in [0.25, 0.3) is 23.2 Å². The summed E-state index contributed by atoms with van der Waals surface area (Å²) < 4.78 is 12.3. The number of methoxy groups -OCH3 is 2. The van der Waals surface area contributed by atoms with Gasteiger partial charge in [0.1, 0.15) is 0 Å². The van der Waals surface area contributed by atoms with Crippen molar-refractivity contribution < 1.29 is 9.47 Å². The number of aromatic nitrogens is 3. The van der Waals surface area contributed by atoms with E-state index in [9.17, 15) is 4.79 Å². The lowest BCUT2D eigenvalue weighted by Crippen LogP contribution is -2.23. The van der Waals surface area contributed by atoms with Gasteiger partial charge in [-0.15, -0.1) is 5.10 Å². The number of ether oxygens (including phenoxy) is 2. The molecule has 0 amide bonds. The van der Waals surface area contributed by atoms with Gasteiger partial charge in [0.05, 0.1) is 18.8 Å². The van der Waals surface area contributed by atoms with Crippen LogP contribution in [0.1, 0.15) is 17.0 Å². The maximum atomic E-state index is 12.7. The summed E-state index contributed by atoms with van der Waals surface area (Å²) in [5, 5.41) is 5.30. The zero-order valence-corrected chi connectivity index (χ0v) is 18.3. The normalized spacial score (nSPS) is 12.2. The first-order valence-electron chi connectivity index (χ1n) is 8.75. The maximum absolute atomic E-state index is 12.7. The predicted octanol–water partition coefficient (Wildman–Crippen LogP) is 4.19. The van der Waals surface area contributed by atoms with Gasteiger partial charge < -0.3 is 9.47 Å². The Morgan fingerprint density at radius 1 is 1.03 bits per heavy atom. The van der Waals surface area contributed by atoms with E-state index in [0.717, 1.165) is 5.56 Å². The summed E-state index contributed by atoms with van der Waals surface area (Å²) in [6.45, 7) is 0. The van der Waals surface area contributed by atoms with Crippen molar-refractivity contribution in [2.45, 2.75) is 0 Å². The van der Waals surface area contributed by atoms with E-state index in [1.807, 2.05) is 24.3 Å². The van der Waals surface area contributed by atoms with E-state index in [1.165, 1.54) is 15.9 Å². The fourth-order valence-electron chi connectivity index (χ4n) is 2.81. The van der Waals surface area contributed by atoms with Crippen LogP contribution in [0.3, 0.4) is 0 Å². The van der Waals surface area contributed by atoms with E-state index >= 15 is 0 Å². The third kappa shape index (κ3) is 4.05. The summed E-state index contributed by atoms with van der Waals surface area (Å²) in [6, 6.07) is 10.7. The minimum absolute atomic E-state index is 0.251. The number of fused-ring (bicyclic) bond motifs is 1. The van der Waals surface area contributed by atoms with Crippen molar-refractivity contribution in [1.29, 1.82) is 0 Å². The second-order valence-electron chi connectivity index (χ2n) is 6.19. The van der Waals surface area contributed by atoms with Gasteiger partial charge >= 0.3 is 0 Å². The summed E-state index contributed by atoms with van der Waals surface area (Å²) in [4.78, 5) is 17.6. The molecule has 0 aliphatic carbocycles. The third-order valence-electron chi connectivity index (χ3n) is 4.28. The second kappa shape index (κ2) is 8.47. The van der Waals surface area contributed by atoms with Crippen molar-refractivity contribution in [3.05, 3.63) is 78.3 Å². The van der Waals surface area contributed by atoms with Crippen LogP contribution in [-0.2, 0) is 0 Å². The predicted molar refractivity (Wildman–Crippen MR) is 121 cm³/mol. The average Bonchev–Trinajstić information content (AvgIpc) is 3.27. The van der Waals surface area contributed by atoms with Gasteiger partial charge in [0.2, 0.25) is 4.96 Å². The first-order valence-corrected chi connectivity index (χ1v) is 10.3. The number of hydrogen-bond acceptors (Lipinski definition) is 6. The zero-order chi connectivity index (χ0) is 21.3. The fourth-order valence-corrected chi connectivity index (χ4v) is 4.18. The molecule has 0 atom stereocenters. The summed E-state index contributed by atoms with van der Waals surface area (Å²) >= 11 is 13.4. The minimum Gasteiger partial charge on any atom is -0.493 e. The Labute approximate surface area is 185 Å². The van der Waals surface area contributed by atoms with Crippen LogP contribution in [0.2, 0.25) is 10.0 Å². The van der Waals surface area contributed by atoms with E-state index < -0.39 is 0 Å². The van der Waals surface area contributed by atoms with Gasteiger partial charge in [-0.3, -0.25) is 4.79 Å². The van der Waals surface area contributed by atoms with Crippen molar-refractivity contribution in [3.63, 3.8) is 0 Å². The van der Waals surface area contributed by atoms with Gasteiger partial charge in [0.15, 0.2) is 17.3 Å². The highest BCUT2D eigenvalue weighted by atomic mass is 35.5. The first-order chi connectivity index (χ1) is 14.5. The van der Waals surface area contributed by atoms with Gasteiger partial charge in [0, 0.05) is 10.0 Å². The number of benzene rings is 2. The Hall–Kier alpha value is -2.87. The summed E-state index contributed by atoms with van der Waals surface area (Å²) in [7, 11) is 3.17. The van der Waals surface area contributed by atoms with Gasteiger partial charge in [-0.25, -0.2) is 0 Å². The molecule has 4 rings (SSSR count). The number of halogens is 2. The van der Waals surface area contributed by atoms with Crippen LogP contribution in [-0.4, -0.2) is 28.8 Å². The summed E-state index contributed by atoms with van der Waals surface area (Å²) in [6.07, 6.45) is 5.29. The van der Waals surface area contributed by atoms with Gasteiger partial charge in [-0.05, 0) is 47.5 Å². The zero-order valence-electron chi connectivity index (χ0n) is 15.9. The molecule has 6 nitrogen and oxygen atoms in total. The molecule has 0 saturated heterocycles.